The van der Waals surface area contributed by atoms with Gasteiger partial charge in [-0.25, -0.2) is 4.79 Å². The lowest BCUT2D eigenvalue weighted by Gasteiger charge is -2.21. The number of aryl methyl sites for hydroxylation is 2. The predicted octanol–water partition coefficient (Wildman–Crippen LogP) is 2.05. The number of nitrogens with two attached hydrogens (primary N) is 1. The van der Waals surface area contributed by atoms with Gasteiger partial charge in [-0.15, -0.1) is 0 Å². The fourth-order valence-electron chi connectivity index (χ4n) is 2.49. The second-order valence-corrected chi connectivity index (χ2v) is 4.85. The summed E-state index contributed by atoms with van der Waals surface area (Å²) in [6, 6.07) is 0. The third-order valence-electron chi connectivity index (χ3n) is 3.51. The van der Waals surface area contributed by atoms with Gasteiger partial charge in [0, 0.05) is 7.05 Å². The molecule has 0 unspecified atom stereocenters. The summed E-state index contributed by atoms with van der Waals surface area (Å²) in [6.45, 7) is 1.97. The fraction of sp³-hybridized carbons (Fsp3) is 0.692. The summed E-state index contributed by atoms with van der Waals surface area (Å²) in [6.07, 6.45) is 6.20. The van der Waals surface area contributed by atoms with E-state index in [0.29, 0.717) is 11.4 Å². The number of ether oxygens (including phenoxy) is 1. The zero-order valence-electron chi connectivity index (χ0n) is 11.1. The van der Waals surface area contributed by atoms with Crippen LogP contribution in [0.3, 0.4) is 0 Å². The van der Waals surface area contributed by atoms with Gasteiger partial charge in [0.15, 0.2) is 5.69 Å². The van der Waals surface area contributed by atoms with Gasteiger partial charge in [0.05, 0.1) is 11.4 Å². The Morgan fingerprint density at radius 1 is 1.44 bits per heavy atom. The molecule has 5 heteroatoms. The van der Waals surface area contributed by atoms with Gasteiger partial charge in [-0.1, -0.05) is 13.3 Å². The number of hydrogen-bond acceptors (Lipinski definition) is 4. The van der Waals surface area contributed by atoms with Crippen molar-refractivity contribution in [1.82, 2.24) is 9.78 Å². The molecule has 18 heavy (non-hydrogen) atoms. The molecule has 0 saturated heterocycles. The highest BCUT2D eigenvalue weighted by Crippen LogP contribution is 2.23. The molecule has 2 N–H and O–H groups in total. The number of esters is 1. The summed E-state index contributed by atoms with van der Waals surface area (Å²) in [4.78, 5) is 12.1. The Morgan fingerprint density at radius 3 is 2.67 bits per heavy atom. The molecule has 2 rings (SSSR count). The molecule has 0 aliphatic heterocycles. The molecule has 1 aliphatic rings. The van der Waals surface area contributed by atoms with Gasteiger partial charge in [0.2, 0.25) is 0 Å². The fourth-order valence-corrected chi connectivity index (χ4v) is 2.49. The molecule has 5 nitrogen and oxygen atoms in total. The molecular formula is C13H21N3O2. The van der Waals surface area contributed by atoms with Crippen LogP contribution in [0.25, 0.3) is 0 Å². The van der Waals surface area contributed by atoms with Crippen molar-refractivity contribution in [1.29, 1.82) is 0 Å². The predicted molar refractivity (Wildman–Crippen MR) is 69.3 cm³/mol. The number of nitrogen functional groups attached to an aromatic ring is 1. The van der Waals surface area contributed by atoms with Crippen LogP contribution in [0.4, 0.5) is 5.69 Å². The molecule has 0 bridgehead atoms. The SMILES string of the molecule is CCc1nn(C)c(C(=O)OC2CCCCC2)c1N. The molecule has 0 spiro atoms. The van der Waals surface area contributed by atoms with Crippen molar-refractivity contribution in [2.24, 2.45) is 7.05 Å². The topological polar surface area (TPSA) is 70.1 Å². The van der Waals surface area contributed by atoms with Crippen LogP contribution < -0.4 is 5.73 Å². The molecular weight excluding hydrogens is 230 g/mol. The minimum atomic E-state index is -0.339. The Balaban J connectivity index is 2.10. The van der Waals surface area contributed by atoms with E-state index in [4.69, 9.17) is 10.5 Å². The maximum absolute atomic E-state index is 12.1. The zero-order valence-corrected chi connectivity index (χ0v) is 11.1. The van der Waals surface area contributed by atoms with Gasteiger partial charge >= 0.3 is 5.97 Å². The van der Waals surface area contributed by atoms with Crippen LogP contribution >= 0.6 is 0 Å². The average molecular weight is 251 g/mol. The van der Waals surface area contributed by atoms with E-state index in [1.807, 2.05) is 6.92 Å². The van der Waals surface area contributed by atoms with Crippen molar-refractivity contribution in [2.75, 3.05) is 5.73 Å². The normalized spacial score (nSPS) is 16.8. The number of carbonyl (C=O) groups excluding carboxylic acids is 1. The van der Waals surface area contributed by atoms with Crippen LogP contribution in [0.5, 0.6) is 0 Å². The first-order chi connectivity index (χ1) is 8.63. The minimum Gasteiger partial charge on any atom is -0.458 e. The van der Waals surface area contributed by atoms with Crippen LogP contribution in [0.1, 0.15) is 55.2 Å². The summed E-state index contributed by atoms with van der Waals surface area (Å²) in [5.41, 5.74) is 7.54. The van der Waals surface area contributed by atoms with Crippen LogP contribution in [0.2, 0.25) is 0 Å². The van der Waals surface area contributed by atoms with Gasteiger partial charge in [0.25, 0.3) is 0 Å². The first-order valence-electron chi connectivity index (χ1n) is 6.65. The van der Waals surface area contributed by atoms with Gasteiger partial charge in [-0.05, 0) is 32.1 Å². The van der Waals surface area contributed by atoms with Crippen molar-refractivity contribution >= 4 is 11.7 Å². The highest BCUT2D eigenvalue weighted by atomic mass is 16.5. The van der Waals surface area contributed by atoms with E-state index >= 15 is 0 Å². The van der Waals surface area contributed by atoms with Gasteiger partial charge in [-0.2, -0.15) is 5.10 Å². The van der Waals surface area contributed by atoms with Crippen molar-refractivity contribution in [3.63, 3.8) is 0 Å². The first kappa shape index (κ1) is 12.9. The van der Waals surface area contributed by atoms with Crippen molar-refractivity contribution in [3.8, 4) is 0 Å². The van der Waals surface area contributed by atoms with E-state index in [1.54, 1.807) is 7.05 Å². The van der Waals surface area contributed by atoms with E-state index in [9.17, 15) is 4.79 Å². The van der Waals surface area contributed by atoms with Crippen LogP contribution in [0, 0.1) is 0 Å². The lowest BCUT2D eigenvalue weighted by Crippen LogP contribution is -2.23. The number of carbonyl (C=O) groups is 1. The van der Waals surface area contributed by atoms with E-state index in [2.05, 4.69) is 5.10 Å². The number of rotatable bonds is 3. The molecule has 0 atom stereocenters. The molecule has 1 aromatic heterocycles. The maximum Gasteiger partial charge on any atom is 0.359 e. The Labute approximate surface area is 107 Å². The molecule has 0 radical (unpaired) electrons. The van der Waals surface area contributed by atoms with Crippen molar-refractivity contribution in [3.05, 3.63) is 11.4 Å². The smallest absolute Gasteiger partial charge is 0.359 e. The quantitative estimate of drug-likeness (QED) is 0.835. The Hall–Kier alpha value is -1.52. The molecule has 1 aromatic rings. The minimum absolute atomic E-state index is 0.0469. The maximum atomic E-state index is 12.1. The van der Waals surface area contributed by atoms with Gasteiger partial charge < -0.3 is 10.5 Å². The number of anilines is 1. The number of nitrogens with zero attached hydrogens (tertiary/aromatic N) is 2. The summed E-state index contributed by atoms with van der Waals surface area (Å²) in [5.74, 6) is -0.339. The Kier molecular flexibility index (Phi) is 3.89. The Morgan fingerprint density at radius 2 is 2.11 bits per heavy atom. The molecule has 1 saturated carbocycles. The molecule has 0 amide bonds. The van der Waals surface area contributed by atoms with Gasteiger partial charge in [0.1, 0.15) is 6.10 Å². The van der Waals surface area contributed by atoms with E-state index in [1.165, 1.54) is 11.1 Å². The highest BCUT2D eigenvalue weighted by molar-refractivity contribution is 5.93. The summed E-state index contributed by atoms with van der Waals surface area (Å²) < 4.78 is 7.04. The molecule has 1 fully saturated rings. The average Bonchev–Trinajstić information content (AvgIpc) is 2.65. The van der Waals surface area contributed by atoms with E-state index in [-0.39, 0.29) is 12.1 Å². The third kappa shape index (κ3) is 2.49. The van der Waals surface area contributed by atoms with Crippen molar-refractivity contribution in [2.45, 2.75) is 51.6 Å². The number of aromatic nitrogens is 2. The highest BCUT2D eigenvalue weighted by Gasteiger charge is 2.24. The summed E-state index contributed by atoms with van der Waals surface area (Å²) in [5, 5.41) is 4.23. The second-order valence-electron chi connectivity index (χ2n) is 4.85. The summed E-state index contributed by atoms with van der Waals surface area (Å²) >= 11 is 0. The largest absolute Gasteiger partial charge is 0.458 e. The lowest BCUT2D eigenvalue weighted by molar-refractivity contribution is 0.0200. The second kappa shape index (κ2) is 5.42. The van der Waals surface area contributed by atoms with Crippen molar-refractivity contribution < 1.29 is 9.53 Å². The molecule has 1 heterocycles. The Bertz CT molecular complexity index is 434. The monoisotopic (exact) mass is 251 g/mol. The zero-order chi connectivity index (χ0) is 13.1. The molecule has 1 aliphatic carbocycles. The van der Waals surface area contributed by atoms with E-state index in [0.717, 1.165) is 37.8 Å². The van der Waals surface area contributed by atoms with Crippen LogP contribution in [-0.4, -0.2) is 21.9 Å². The van der Waals surface area contributed by atoms with Crippen LogP contribution in [0.15, 0.2) is 0 Å². The van der Waals surface area contributed by atoms with E-state index < -0.39 is 0 Å². The summed E-state index contributed by atoms with van der Waals surface area (Å²) in [7, 11) is 1.73. The molecule has 0 aromatic carbocycles. The molecule has 100 valence electrons. The lowest BCUT2D eigenvalue weighted by atomic mass is 9.98. The first-order valence-corrected chi connectivity index (χ1v) is 6.65. The van der Waals surface area contributed by atoms with Gasteiger partial charge in [-0.3, -0.25) is 4.68 Å². The standard InChI is InChI=1S/C13H21N3O2/c1-3-10-11(14)12(16(2)15-10)13(17)18-9-7-5-4-6-8-9/h9H,3-8,14H2,1-2H3. The number of hydrogen-bond donors (Lipinski definition) is 1. The third-order valence-corrected chi connectivity index (χ3v) is 3.51. The van der Waals surface area contributed by atoms with Crippen LogP contribution in [-0.2, 0) is 18.2 Å².